The smallest absolute Gasteiger partial charge is 0.475 e. The van der Waals surface area contributed by atoms with Crippen LogP contribution in [0.25, 0.3) is 11.2 Å². The molecule has 0 radical (unpaired) electrons. The zero-order chi connectivity index (χ0) is 30.3. The number of hydrogen-bond donors (Lipinski definition) is 4. The molecule has 0 unspecified atom stereocenters. The van der Waals surface area contributed by atoms with Crippen molar-refractivity contribution in [3.8, 4) is 0 Å². The zero-order valence-corrected chi connectivity index (χ0v) is 23.4. The molecule has 4 N–H and O–H groups in total. The largest absolute Gasteiger partial charge is 0.490 e. The van der Waals surface area contributed by atoms with Crippen LogP contribution in [0.4, 0.5) is 36.3 Å². The number of hydrogen-bond acceptors (Lipinski definition) is 8. The van der Waals surface area contributed by atoms with Crippen LogP contribution in [0.5, 0.6) is 0 Å². The predicted octanol–water partition coefficient (Wildman–Crippen LogP) is 5.19. The molecule has 2 heterocycles. The van der Waals surface area contributed by atoms with Crippen molar-refractivity contribution in [2.24, 2.45) is 0 Å². The van der Waals surface area contributed by atoms with Crippen LogP contribution >= 0.6 is 0 Å². The summed E-state index contributed by atoms with van der Waals surface area (Å²) in [5.74, 6) is -1.79. The van der Waals surface area contributed by atoms with E-state index in [-0.39, 0.29) is 11.9 Å². The van der Waals surface area contributed by atoms with E-state index in [1.54, 1.807) is 0 Å². The summed E-state index contributed by atoms with van der Waals surface area (Å²) in [6.07, 6.45) is 2.46. The lowest BCUT2D eigenvalue weighted by Crippen LogP contribution is -2.36. The number of carboxylic acids is 1. The van der Waals surface area contributed by atoms with Crippen LogP contribution < -0.4 is 16.0 Å². The molecule has 1 aromatic carbocycles. The Labute approximate surface area is 235 Å². The number of carbonyl (C=O) groups excluding carboxylic acids is 1. The number of rotatable bonds is 8. The van der Waals surface area contributed by atoms with Gasteiger partial charge >= 0.3 is 12.1 Å². The molecule has 1 amide bonds. The lowest BCUT2D eigenvalue weighted by atomic mass is 9.91. The molecule has 41 heavy (non-hydrogen) atoms. The third kappa shape index (κ3) is 8.64. The number of carboxylic acid groups (broad SMARTS) is 1. The van der Waals surface area contributed by atoms with E-state index in [1.807, 2.05) is 30.6 Å². The molecule has 3 aromatic rings. The van der Waals surface area contributed by atoms with Gasteiger partial charge in [0, 0.05) is 29.5 Å². The van der Waals surface area contributed by atoms with Crippen molar-refractivity contribution in [3.63, 3.8) is 0 Å². The Hall–Kier alpha value is -4.20. The van der Waals surface area contributed by atoms with Gasteiger partial charge in [-0.1, -0.05) is 12.6 Å². The average molecular weight is 577 g/mol. The number of benzene rings is 1. The number of aliphatic carboxylic acids is 1. The van der Waals surface area contributed by atoms with E-state index in [1.165, 1.54) is 6.08 Å². The highest BCUT2D eigenvalue weighted by atomic mass is 19.4. The van der Waals surface area contributed by atoms with E-state index in [2.05, 4.69) is 64.9 Å². The Morgan fingerprint density at radius 3 is 2.34 bits per heavy atom. The number of halogens is 3. The summed E-state index contributed by atoms with van der Waals surface area (Å²) in [5, 5.41) is 16.9. The number of anilines is 4. The first-order valence-corrected chi connectivity index (χ1v) is 13.1. The third-order valence-electron chi connectivity index (χ3n) is 6.56. The standard InChI is InChI=1S/C25H34N8O.C2HF3O2/c1-6-21(34)27-18-8-7-9-19(14-18)28-23-22-24(33(15-26-22)16(2)3)31-25(30-23)29-17-10-12-20(13-11-17)32(4)5;3-2(4,5)1(6)7/h6-9,14-17,20H,1,10-13H2,2-5H3,(H,27,34)(H2,28,29,30,31);(H,6,7). The highest BCUT2D eigenvalue weighted by Crippen LogP contribution is 2.29. The van der Waals surface area contributed by atoms with Crippen molar-refractivity contribution in [2.75, 3.05) is 30.0 Å². The fraction of sp³-hybridized carbons (Fsp3) is 0.444. The number of nitrogens with one attached hydrogen (secondary N) is 3. The Balaban J connectivity index is 0.000000587. The Morgan fingerprint density at radius 1 is 1.15 bits per heavy atom. The topological polar surface area (TPSA) is 137 Å². The number of nitrogens with zero attached hydrogens (tertiary/aromatic N) is 5. The van der Waals surface area contributed by atoms with Crippen molar-refractivity contribution in [2.45, 2.75) is 63.8 Å². The fourth-order valence-corrected chi connectivity index (χ4v) is 4.37. The monoisotopic (exact) mass is 576 g/mol. The van der Waals surface area contributed by atoms with E-state index in [9.17, 15) is 18.0 Å². The second kappa shape index (κ2) is 13.4. The molecule has 1 saturated carbocycles. The lowest BCUT2D eigenvalue weighted by Gasteiger charge is -2.33. The molecule has 0 spiro atoms. The predicted molar refractivity (Wildman–Crippen MR) is 151 cm³/mol. The molecule has 0 saturated heterocycles. The lowest BCUT2D eigenvalue weighted by molar-refractivity contribution is -0.192. The summed E-state index contributed by atoms with van der Waals surface area (Å²) < 4.78 is 33.8. The Bertz CT molecular complexity index is 1370. The second-order valence-electron chi connectivity index (χ2n) is 10.1. The average Bonchev–Trinajstić information content (AvgIpc) is 3.34. The Morgan fingerprint density at radius 2 is 1.78 bits per heavy atom. The molecule has 1 aliphatic rings. The summed E-state index contributed by atoms with van der Waals surface area (Å²) in [5.41, 5.74) is 2.95. The minimum Gasteiger partial charge on any atom is -0.475 e. The zero-order valence-electron chi connectivity index (χ0n) is 23.4. The number of alkyl halides is 3. The highest BCUT2D eigenvalue weighted by Gasteiger charge is 2.38. The number of aromatic nitrogens is 4. The van der Waals surface area contributed by atoms with Gasteiger partial charge in [0.05, 0.1) is 6.33 Å². The fourth-order valence-electron chi connectivity index (χ4n) is 4.37. The van der Waals surface area contributed by atoms with Crippen LogP contribution in [0.1, 0.15) is 45.6 Å². The second-order valence-corrected chi connectivity index (χ2v) is 10.1. The molecular formula is C27H35F3N8O3. The molecule has 1 fully saturated rings. The van der Waals surface area contributed by atoms with Crippen LogP contribution in [0.15, 0.2) is 43.2 Å². The summed E-state index contributed by atoms with van der Waals surface area (Å²) in [7, 11) is 4.30. The number of imidazole rings is 1. The van der Waals surface area contributed by atoms with E-state index in [4.69, 9.17) is 19.9 Å². The quantitative estimate of drug-likeness (QED) is 0.267. The third-order valence-corrected chi connectivity index (χ3v) is 6.56. The minimum atomic E-state index is -5.08. The molecule has 11 nitrogen and oxygen atoms in total. The van der Waals surface area contributed by atoms with Gasteiger partial charge in [-0.15, -0.1) is 0 Å². The van der Waals surface area contributed by atoms with Crippen molar-refractivity contribution in [3.05, 3.63) is 43.2 Å². The van der Waals surface area contributed by atoms with E-state index in [0.717, 1.165) is 37.0 Å². The molecule has 4 rings (SSSR count). The SMILES string of the molecule is C=CC(=O)Nc1cccc(Nc2nc(NC3CCC(N(C)C)CC3)nc3c2ncn3C(C)C)c1.O=C(O)C(F)(F)F. The Kier molecular flexibility index (Phi) is 10.3. The molecular weight excluding hydrogens is 541 g/mol. The molecule has 14 heteroatoms. The number of amides is 1. The van der Waals surface area contributed by atoms with Crippen LogP contribution in [0, 0.1) is 0 Å². The maximum Gasteiger partial charge on any atom is 0.490 e. The van der Waals surface area contributed by atoms with Crippen molar-refractivity contribution >= 4 is 46.2 Å². The summed E-state index contributed by atoms with van der Waals surface area (Å²) in [6, 6.07) is 8.66. The van der Waals surface area contributed by atoms with Gasteiger partial charge in [-0.2, -0.15) is 23.1 Å². The first-order chi connectivity index (χ1) is 19.3. The maximum atomic E-state index is 11.7. The molecule has 0 aliphatic heterocycles. The summed E-state index contributed by atoms with van der Waals surface area (Å²) in [6.45, 7) is 7.72. The number of carbonyl (C=O) groups is 2. The minimum absolute atomic E-state index is 0.216. The summed E-state index contributed by atoms with van der Waals surface area (Å²) >= 11 is 0. The van der Waals surface area contributed by atoms with Crippen LogP contribution in [-0.2, 0) is 9.59 Å². The molecule has 1 aliphatic carbocycles. The van der Waals surface area contributed by atoms with Crippen LogP contribution in [0.3, 0.4) is 0 Å². The van der Waals surface area contributed by atoms with Crippen LogP contribution in [0.2, 0.25) is 0 Å². The molecule has 0 atom stereocenters. The van der Waals surface area contributed by atoms with E-state index < -0.39 is 12.1 Å². The maximum absolute atomic E-state index is 11.7. The van der Waals surface area contributed by atoms with Crippen molar-refractivity contribution in [1.82, 2.24) is 24.4 Å². The molecule has 0 bridgehead atoms. The highest BCUT2D eigenvalue weighted by molar-refractivity contribution is 5.99. The normalized spacial score (nSPS) is 17.1. The van der Waals surface area contributed by atoms with E-state index in [0.29, 0.717) is 35.1 Å². The summed E-state index contributed by atoms with van der Waals surface area (Å²) in [4.78, 5) is 37.1. The number of fused-ring (bicyclic) bond motifs is 1. The van der Waals surface area contributed by atoms with Gasteiger partial charge in [0.2, 0.25) is 11.9 Å². The molecule has 222 valence electrons. The van der Waals surface area contributed by atoms with Gasteiger partial charge < -0.3 is 30.5 Å². The van der Waals surface area contributed by atoms with Gasteiger partial charge in [0.1, 0.15) is 0 Å². The molecule has 2 aromatic heterocycles. The van der Waals surface area contributed by atoms with Gasteiger partial charge in [-0.25, -0.2) is 9.78 Å². The van der Waals surface area contributed by atoms with Crippen LogP contribution in [-0.4, -0.2) is 73.8 Å². The van der Waals surface area contributed by atoms with Crippen molar-refractivity contribution in [1.29, 1.82) is 0 Å². The first kappa shape index (κ1) is 31.3. The van der Waals surface area contributed by atoms with E-state index >= 15 is 0 Å². The first-order valence-electron chi connectivity index (χ1n) is 13.1. The van der Waals surface area contributed by atoms with Gasteiger partial charge in [-0.3, -0.25) is 4.79 Å². The van der Waals surface area contributed by atoms with Crippen molar-refractivity contribution < 1.29 is 27.9 Å². The van der Waals surface area contributed by atoms with Gasteiger partial charge in [0.15, 0.2) is 17.0 Å². The van der Waals surface area contributed by atoms with Gasteiger partial charge in [0.25, 0.3) is 0 Å². The van der Waals surface area contributed by atoms with Gasteiger partial charge in [-0.05, 0) is 77.9 Å².